The van der Waals surface area contributed by atoms with Crippen molar-refractivity contribution in [2.75, 3.05) is 0 Å². The molecule has 0 saturated carbocycles. The molecule has 0 spiro atoms. The molecule has 0 amide bonds. The Labute approximate surface area is 85.5 Å². The Bertz CT molecular complexity index is 361. The predicted molar refractivity (Wildman–Crippen MR) is 59.3 cm³/mol. The van der Waals surface area contributed by atoms with Crippen molar-refractivity contribution in [2.24, 2.45) is 0 Å². The van der Waals surface area contributed by atoms with Crippen LogP contribution in [0.5, 0.6) is 0 Å². The van der Waals surface area contributed by atoms with E-state index in [0.717, 1.165) is 12.0 Å². The molecular weight excluding hydrogens is 172 g/mol. The van der Waals surface area contributed by atoms with E-state index in [-0.39, 0.29) is 5.78 Å². The highest BCUT2D eigenvalue weighted by molar-refractivity contribution is 5.93. The predicted octanol–water partition coefficient (Wildman–Crippen LogP) is 3.07. The molecule has 0 N–H and O–H groups in total. The molecule has 0 radical (unpaired) electrons. The number of hydrogen-bond donors (Lipinski definition) is 0. The third kappa shape index (κ3) is 2.56. The van der Waals surface area contributed by atoms with Crippen LogP contribution >= 0.6 is 0 Å². The van der Waals surface area contributed by atoms with Gasteiger partial charge in [-0.25, -0.2) is 0 Å². The van der Waals surface area contributed by atoms with E-state index in [0.29, 0.717) is 0 Å². The maximum absolute atomic E-state index is 11.2. The molecule has 0 aromatic heterocycles. The summed E-state index contributed by atoms with van der Waals surface area (Å²) in [4.78, 5) is 11.2. The number of Topliss-reactive ketones (excluding diaryl/α,β-unsaturated/α-hetero) is 1. The van der Waals surface area contributed by atoms with E-state index in [1.165, 1.54) is 11.1 Å². The lowest BCUT2D eigenvalue weighted by molar-refractivity contribution is -0.113. The fourth-order valence-corrected chi connectivity index (χ4v) is 1.44. The number of aryl methyl sites for hydroxylation is 1. The quantitative estimate of drug-likeness (QED) is 0.666. The first-order chi connectivity index (χ1) is 6.65. The Hall–Kier alpha value is -1.37. The highest BCUT2D eigenvalue weighted by atomic mass is 16.1. The topological polar surface area (TPSA) is 17.1 Å². The van der Waals surface area contributed by atoms with E-state index >= 15 is 0 Å². The van der Waals surface area contributed by atoms with Crippen molar-refractivity contribution in [1.82, 2.24) is 0 Å². The summed E-state index contributed by atoms with van der Waals surface area (Å²) < 4.78 is 0. The third-order valence-corrected chi connectivity index (χ3v) is 2.44. The Kier molecular flexibility index (Phi) is 3.63. The SMILES string of the molecule is C/C=C(\Cc1ccccc1C)C(C)=O. The van der Waals surface area contributed by atoms with Crippen LogP contribution in [-0.2, 0) is 11.2 Å². The van der Waals surface area contributed by atoms with Gasteiger partial charge in [0, 0.05) is 6.42 Å². The number of allylic oxidation sites excluding steroid dienone is 2. The van der Waals surface area contributed by atoms with E-state index in [2.05, 4.69) is 19.1 Å². The summed E-state index contributed by atoms with van der Waals surface area (Å²) in [5, 5.41) is 0. The van der Waals surface area contributed by atoms with Crippen molar-refractivity contribution < 1.29 is 4.79 Å². The zero-order chi connectivity index (χ0) is 10.6. The second kappa shape index (κ2) is 4.75. The van der Waals surface area contributed by atoms with E-state index in [1.807, 2.05) is 25.1 Å². The first-order valence-electron chi connectivity index (χ1n) is 4.85. The average molecular weight is 188 g/mol. The van der Waals surface area contributed by atoms with Crippen LogP contribution in [-0.4, -0.2) is 5.78 Å². The summed E-state index contributed by atoms with van der Waals surface area (Å²) in [5.41, 5.74) is 3.36. The second-order valence-corrected chi connectivity index (χ2v) is 3.47. The van der Waals surface area contributed by atoms with Crippen LogP contribution < -0.4 is 0 Å². The summed E-state index contributed by atoms with van der Waals surface area (Å²) in [6.45, 7) is 5.60. The summed E-state index contributed by atoms with van der Waals surface area (Å²) in [5.74, 6) is 0.163. The van der Waals surface area contributed by atoms with E-state index in [4.69, 9.17) is 0 Å². The zero-order valence-electron chi connectivity index (χ0n) is 9.00. The van der Waals surface area contributed by atoms with Gasteiger partial charge in [0.1, 0.15) is 0 Å². The zero-order valence-corrected chi connectivity index (χ0v) is 9.00. The smallest absolute Gasteiger partial charge is 0.155 e. The molecule has 0 heterocycles. The Balaban J connectivity index is 2.88. The molecule has 74 valence electrons. The number of carbonyl (C=O) groups excluding carboxylic acids is 1. The van der Waals surface area contributed by atoms with E-state index in [9.17, 15) is 4.79 Å². The van der Waals surface area contributed by atoms with Crippen LogP contribution in [0.15, 0.2) is 35.9 Å². The molecule has 1 heteroatoms. The second-order valence-electron chi connectivity index (χ2n) is 3.47. The average Bonchev–Trinajstić information content (AvgIpc) is 2.16. The molecule has 14 heavy (non-hydrogen) atoms. The molecule has 0 aliphatic rings. The minimum absolute atomic E-state index is 0.163. The molecule has 0 unspecified atom stereocenters. The molecule has 0 fully saturated rings. The number of ketones is 1. The van der Waals surface area contributed by atoms with Gasteiger partial charge in [-0.1, -0.05) is 30.3 Å². The van der Waals surface area contributed by atoms with Crippen LogP contribution in [0.4, 0.5) is 0 Å². The summed E-state index contributed by atoms with van der Waals surface area (Å²) in [6.07, 6.45) is 2.65. The molecule has 1 rings (SSSR count). The number of benzene rings is 1. The molecule has 1 aromatic rings. The van der Waals surface area contributed by atoms with Gasteiger partial charge in [-0.15, -0.1) is 0 Å². The van der Waals surface area contributed by atoms with Gasteiger partial charge in [0.25, 0.3) is 0 Å². The fourth-order valence-electron chi connectivity index (χ4n) is 1.44. The van der Waals surface area contributed by atoms with Crippen molar-refractivity contribution in [3.05, 3.63) is 47.0 Å². The van der Waals surface area contributed by atoms with Gasteiger partial charge in [0.2, 0.25) is 0 Å². The monoisotopic (exact) mass is 188 g/mol. The largest absolute Gasteiger partial charge is 0.295 e. The van der Waals surface area contributed by atoms with Crippen molar-refractivity contribution in [3.8, 4) is 0 Å². The van der Waals surface area contributed by atoms with Crippen molar-refractivity contribution >= 4 is 5.78 Å². The lowest BCUT2D eigenvalue weighted by atomic mass is 9.98. The van der Waals surface area contributed by atoms with Gasteiger partial charge in [0.05, 0.1) is 0 Å². The maximum Gasteiger partial charge on any atom is 0.155 e. The van der Waals surface area contributed by atoms with Crippen molar-refractivity contribution in [2.45, 2.75) is 27.2 Å². The molecule has 0 atom stereocenters. The number of rotatable bonds is 3. The standard InChI is InChI=1S/C13H16O/c1-4-12(11(3)14)9-13-8-6-5-7-10(13)2/h4-8H,9H2,1-3H3/b12-4+. The summed E-state index contributed by atoms with van der Waals surface area (Å²) in [6, 6.07) is 8.17. The van der Waals surface area contributed by atoms with E-state index < -0.39 is 0 Å². The first-order valence-corrected chi connectivity index (χ1v) is 4.85. The highest BCUT2D eigenvalue weighted by Gasteiger charge is 2.05. The molecule has 0 aliphatic carbocycles. The van der Waals surface area contributed by atoms with Crippen LogP contribution in [0.1, 0.15) is 25.0 Å². The highest BCUT2D eigenvalue weighted by Crippen LogP contribution is 2.13. The normalized spacial score (nSPS) is 11.5. The first kappa shape index (κ1) is 10.7. The van der Waals surface area contributed by atoms with Crippen molar-refractivity contribution in [1.29, 1.82) is 0 Å². The van der Waals surface area contributed by atoms with Crippen LogP contribution in [0.3, 0.4) is 0 Å². The van der Waals surface area contributed by atoms with Crippen molar-refractivity contribution in [3.63, 3.8) is 0 Å². The fraction of sp³-hybridized carbons (Fsp3) is 0.308. The Morgan fingerprint density at radius 3 is 2.50 bits per heavy atom. The van der Waals surface area contributed by atoms with Gasteiger partial charge >= 0.3 is 0 Å². The van der Waals surface area contributed by atoms with Gasteiger partial charge in [-0.2, -0.15) is 0 Å². The van der Waals surface area contributed by atoms with Crippen LogP contribution in [0.25, 0.3) is 0 Å². The summed E-state index contributed by atoms with van der Waals surface area (Å²) >= 11 is 0. The molecular formula is C13H16O. The van der Waals surface area contributed by atoms with Crippen LogP contribution in [0.2, 0.25) is 0 Å². The van der Waals surface area contributed by atoms with Gasteiger partial charge < -0.3 is 0 Å². The van der Waals surface area contributed by atoms with Gasteiger partial charge in [0.15, 0.2) is 5.78 Å². The summed E-state index contributed by atoms with van der Waals surface area (Å²) in [7, 11) is 0. The molecule has 0 saturated heterocycles. The van der Waals surface area contributed by atoms with Gasteiger partial charge in [-0.3, -0.25) is 4.79 Å². The Morgan fingerprint density at radius 2 is 2.00 bits per heavy atom. The molecule has 0 bridgehead atoms. The third-order valence-electron chi connectivity index (χ3n) is 2.44. The minimum Gasteiger partial charge on any atom is -0.295 e. The minimum atomic E-state index is 0.163. The van der Waals surface area contributed by atoms with Crippen LogP contribution in [0, 0.1) is 6.92 Å². The number of carbonyl (C=O) groups is 1. The van der Waals surface area contributed by atoms with E-state index in [1.54, 1.807) is 6.92 Å². The molecule has 1 aromatic carbocycles. The Morgan fingerprint density at radius 1 is 1.36 bits per heavy atom. The molecule has 0 aliphatic heterocycles. The lowest BCUT2D eigenvalue weighted by Gasteiger charge is -2.06. The lowest BCUT2D eigenvalue weighted by Crippen LogP contribution is -2.01. The molecule has 1 nitrogen and oxygen atoms in total. The van der Waals surface area contributed by atoms with Gasteiger partial charge in [-0.05, 0) is 37.5 Å². The number of hydrogen-bond acceptors (Lipinski definition) is 1. The maximum atomic E-state index is 11.2.